The highest BCUT2D eigenvalue weighted by atomic mass is 19.4. The fourth-order valence-electron chi connectivity index (χ4n) is 5.19. The quantitative estimate of drug-likeness (QED) is 0.193. The highest BCUT2D eigenvalue weighted by Crippen LogP contribution is 2.46. The highest BCUT2D eigenvalue weighted by Gasteiger charge is 2.46. The molecule has 9 nitrogen and oxygen atoms in total. The van der Waals surface area contributed by atoms with Crippen LogP contribution < -0.4 is 15.2 Å². The third kappa shape index (κ3) is 5.36. The molecule has 228 valence electrons. The van der Waals surface area contributed by atoms with E-state index in [0.29, 0.717) is 18.0 Å². The molecular weight excluding hydrogens is 598 g/mol. The van der Waals surface area contributed by atoms with Gasteiger partial charge in [-0.2, -0.15) is 5.10 Å². The van der Waals surface area contributed by atoms with Gasteiger partial charge in [-0.05, 0) is 55.0 Å². The predicted molar refractivity (Wildman–Crippen MR) is 142 cm³/mol. The van der Waals surface area contributed by atoms with Crippen LogP contribution in [0.2, 0.25) is 0 Å². The van der Waals surface area contributed by atoms with Crippen LogP contribution >= 0.6 is 0 Å². The molecular formula is C29H20F6N4O5. The summed E-state index contributed by atoms with van der Waals surface area (Å²) in [4.78, 5) is 28.6. The van der Waals surface area contributed by atoms with E-state index in [4.69, 9.17) is 9.15 Å². The maximum atomic E-state index is 15.9. The fourth-order valence-corrected chi connectivity index (χ4v) is 5.19. The first-order chi connectivity index (χ1) is 20.7. The molecule has 0 fully saturated rings. The standard InChI is InChI=1S/C29H20F6N4O5/c1-13-10-17(18(30)11-20(13)42-14-6-8-15(9-7-14)44-29(33,34)35)24-21-22(16-4-3-5-19-25(16)43-27(41)36-19)37-38-23(21)26(40)39(24)12-28(2,31)32/h3-11,24H,12H2,1-2H3,(H,36,41)(H,37,38). The summed E-state index contributed by atoms with van der Waals surface area (Å²) in [5.41, 5.74) is 0.914. The first kappa shape index (κ1) is 28.9. The number of nitrogens with one attached hydrogen (secondary N) is 2. The number of hydrogen-bond donors (Lipinski definition) is 2. The smallest absolute Gasteiger partial charge is 0.457 e. The molecule has 0 saturated carbocycles. The molecule has 1 amide bonds. The summed E-state index contributed by atoms with van der Waals surface area (Å²) >= 11 is 0. The van der Waals surface area contributed by atoms with E-state index < -0.39 is 48.1 Å². The van der Waals surface area contributed by atoms with Gasteiger partial charge >= 0.3 is 12.1 Å². The van der Waals surface area contributed by atoms with E-state index in [1.54, 1.807) is 25.1 Å². The number of ether oxygens (including phenoxy) is 2. The van der Waals surface area contributed by atoms with Crippen molar-refractivity contribution in [2.75, 3.05) is 6.54 Å². The Hall–Kier alpha value is -5.21. The molecule has 5 aromatic rings. The molecule has 0 spiro atoms. The molecule has 15 heteroatoms. The average Bonchev–Trinajstić information content (AvgIpc) is 3.59. The zero-order valence-electron chi connectivity index (χ0n) is 22.7. The van der Waals surface area contributed by atoms with E-state index in [2.05, 4.69) is 19.9 Å². The van der Waals surface area contributed by atoms with Crippen molar-refractivity contribution in [2.45, 2.75) is 32.2 Å². The zero-order chi connectivity index (χ0) is 31.6. The number of carbonyl (C=O) groups excluding carboxylic acids is 1. The third-order valence-electron chi connectivity index (χ3n) is 6.89. The molecule has 0 saturated heterocycles. The number of H-pyrrole nitrogens is 2. The van der Waals surface area contributed by atoms with Gasteiger partial charge in [-0.15, -0.1) is 13.2 Å². The number of rotatable bonds is 7. The van der Waals surface area contributed by atoms with Crippen molar-refractivity contribution in [2.24, 2.45) is 0 Å². The Bertz CT molecular complexity index is 1960. The van der Waals surface area contributed by atoms with E-state index in [0.717, 1.165) is 23.1 Å². The lowest BCUT2D eigenvalue weighted by molar-refractivity contribution is -0.274. The Labute approximate surface area is 243 Å². The Morgan fingerprint density at radius 1 is 1.02 bits per heavy atom. The minimum absolute atomic E-state index is 0.0149. The van der Waals surface area contributed by atoms with Crippen molar-refractivity contribution in [3.8, 4) is 28.5 Å². The monoisotopic (exact) mass is 618 g/mol. The van der Waals surface area contributed by atoms with Crippen LogP contribution in [0, 0.1) is 12.7 Å². The number of aryl methyl sites for hydroxylation is 1. The maximum absolute atomic E-state index is 15.9. The topological polar surface area (TPSA) is 113 Å². The molecule has 3 heterocycles. The molecule has 0 radical (unpaired) electrons. The number of amides is 1. The number of fused-ring (bicyclic) bond motifs is 2. The highest BCUT2D eigenvalue weighted by molar-refractivity contribution is 6.02. The number of benzene rings is 3. The normalized spacial score (nSPS) is 15.2. The minimum Gasteiger partial charge on any atom is -0.457 e. The first-order valence-corrected chi connectivity index (χ1v) is 12.9. The number of para-hydroxylation sites is 1. The number of aromatic nitrogens is 3. The van der Waals surface area contributed by atoms with Gasteiger partial charge in [0, 0.05) is 29.7 Å². The van der Waals surface area contributed by atoms with Crippen molar-refractivity contribution >= 4 is 17.0 Å². The summed E-state index contributed by atoms with van der Waals surface area (Å²) in [7, 11) is 0. The lowest BCUT2D eigenvalue weighted by Gasteiger charge is -2.29. The van der Waals surface area contributed by atoms with Crippen molar-refractivity contribution in [3.63, 3.8) is 0 Å². The van der Waals surface area contributed by atoms with Gasteiger partial charge in [0.25, 0.3) is 11.8 Å². The SMILES string of the molecule is Cc1cc(C2c3c(-c4cccc5[nH]c(=O)oc45)n[nH]c3C(=O)N2CC(C)(F)F)c(F)cc1Oc1ccc(OC(F)(F)F)cc1. The summed E-state index contributed by atoms with van der Waals surface area (Å²) in [5.74, 6) is -6.29. The van der Waals surface area contributed by atoms with E-state index in [1.807, 2.05) is 0 Å². The lowest BCUT2D eigenvalue weighted by atomic mass is 9.94. The van der Waals surface area contributed by atoms with E-state index in [9.17, 15) is 31.5 Å². The Morgan fingerprint density at radius 3 is 2.41 bits per heavy atom. The van der Waals surface area contributed by atoms with Gasteiger partial charge in [-0.3, -0.25) is 14.9 Å². The van der Waals surface area contributed by atoms with E-state index >= 15 is 4.39 Å². The summed E-state index contributed by atoms with van der Waals surface area (Å²) < 4.78 is 96.8. The number of aromatic amines is 2. The van der Waals surface area contributed by atoms with Crippen LogP contribution in [-0.2, 0) is 0 Å². The van der Waals surface area contributed by atoms with Gasteiger partial charge < -0.3 is 18.8 Å². The lowest BCUT2D eigenvalue weighted by Crippen LogP contribution is -2.38. The van der Waals surface area contributed by atoms with Crippen LogP contribution in [0.4, 0.5) is 26.3 Å². The molecule has 2 N–H and O–H groups in total. The third-order valence-corrected chi connectivity index (χ3v) is 6.89. The second kappa shape index (κ2) is 10.2. The van der Waals surface area contributed by atoms with Gasteiger partial charge in [0.05, 0.1) is 18.1 Å². The fraction of sp³-hybridized carbons (Fsp3) is 0.207. The van der Waals surface area contributed by atoms with Crippen LogP contribution in [-0.4, -0.2) is 44.8 Å². The van der Waals surface area contributed by atoms with Crippen LogP contribution in [0.5, 0.6) is 17.2 Å². The first-order valence-electron chi connectivity index (χ1n) is 12.9. The van der Waals surface area contributed by atoms with Crippen LogP contribution in [0.15, 0.2) is 63.8 Å². The maximum Gasteiger partial charge on any atom is 0.573 e. The van der Waals surface area contributed by atoms with Crippen molar-refractivity contribution in [1.82, 2.24) is 20.1 Å². The number of carbonyl (C=O) groups is 1. The van der Waals surface area contributed by atoms with Crippen LogP contribution in [0.1, 0.15) is 40.1 Å². The number of hydrogen-bond acceptors (Lipinski definition) is 6. The Balaban J connectivity index is 1.42. The minimum atomic E-state index is -4.88. The zero-order valence-corrected chi connectivity index (χ0v) is 22.7. The molecule has 6 rings (SSSR count). The number of nitrogens with zero attached hydrogens (tertiary/aromatic N) is 2. The van der Waals surface area contributed by atoms with Crippen LogP contribution in [0.25, 0.3) is 22.4 Å². The molecule has 3 aromatic carbocycles. The Morgan fingerprint density at radius 2 is 1.73 bits per heavy atom. The van der Waals surface area contributed by atoms with Gasteiger partial charge in [0.1, 0.15) is 34.5 Å². The van der Waals surface area contributed by atoms with Gasteiger partial charge in [0.15, 0.2) is 5.58 Å². The second-order valence-electron chi connectivity index (χ2n) is 10.2. The summed E-state index contributed by atoms with van der Waals surface area (Å²) in [6.07, 6.45) is -4.88. The molecule has 0 aliphatic carbocycles. The number of alkyl halides is 5. The molecule has 2 aromatic heterocycles. The van der Waals surface area contributed by atoms with Gasteiger partial charge in [-0.25, -0.2) is 18.0 Å². The van der Waals surface area contributed by atoms with E-state index in [-0.39, 0.29) is 45.2 Å². The summed E-state index contributed by atoms with van der Waals surface area (Å²) in [6.45, 7) is 1.12. The van der Waals surface area contributed by atoms with Crippen molar-refractivity contribution in [3.05, 3.63) is 93.3 Å². The van der Waals surface area contributed by atoms with Crippen LogP contribution in [0.3, 0.4) is 0 Å². The average molecular weight is 618 g/mol. The largest absolute Gasteiger partial charge is 0.573 e. The summed E-state index contributed by atoms with van der Waals surface area (Å²) in [5, 5.41) is 6.79. The Kier molecular flexibility index (Phi) is 6.70. The molecule has 44 heavy (non-hydrogen) atoms. The van der Waals surface area contributed by atoms with Crippen molar-refractivity contribution < 1.29 is 45.0 Å². The number of halogens is 6. The van der Waals surface area contributed by atoms with Gasteiger partial charge in [0.2, 0.25) is 0 Å². The molecule has 1 unspecified atom stereocenters. The van der Waals surface area contributed by atoms with Gasteiger partial charge in [-0.1, -0.05) is 6.07 Å². The summed E-state index contributed by atoms with van der Waals surface area (Å²) in [6, 6.07) is 10.1. The van der Waals surface area contributed by atoms with Crippen molar-refractivity contribution in [1.29, 1.82) is 0 Å². The number of oxazole rings is 1. The molecule has 1 aliphatic rings. The molecule has 0 bridgehead atoms. The predicted octanol–water partition coefficient (Wildman–Crippen LogP) is 6.85. The second-order valence-corrected chi connectivity index (χ2v) is 10.2. The molecule has 1 aliphatic heterocycles. The van der Waals surface area contributed by atoms with E-state index in [1.165, 1.54) is 18.2 Å². The molecule has 1 atom stereocenters.